The summed E-state index contributed by atoms with van der Waals surface area (Å²) in [6.45, 7) is 10.3. The molecule has 0 aliphatic heterocycles. The first-order valence-electron chi connectivity index (χ1n) is 10.3. The first kappa shape index (κ1) is 21.4. The molecule has 2 aromatic carbocycles. The molecule has 8 heteroatoms. The van der Waals surface area contributed by atoms with Gasteiger partial charge >= 0.3 is 0 Å². The Morgan fingerprint density at radius 2 is 1.80 bits per heavy atom. The molecule has 0 aliphatic carbocycles. The fraction of sp³-hybridized carbons (Fsp3) is 0.364. The minimum atomic E-state index is -0.392. The van der Waals surface area contributed by atoms with Crippen LogP contribution in [0.3, 0.4) is 0 Å². The summed E-state index contributed by atoms with van der Waals surface area (Å²) in [7, 11) is 0. The van der Waals surface area contributed by atoms with Gasteiger partial charge in [0.15, 0.2) is 0 Å². The zero-order chi connectivity index (χ0) is 21.5. The third-order valence-corrected chi connectivity index (χ3v) is 5.10. The van der Waals surface area contributed by atoms with Gasteiger partial charge in [-0.15, -0.1) is 0 Å². The van der Waals surface area contributed by atoms with E-state index in [1.165, 1.54) is 17.2 Å². The Bertz CT molecular complexity index is 1020. The van der Waals surface area contributed by atoms with E-state index < -0.39 is 4.92 Å². The van der Waals surface area contributed by atoms with Gasteiger partial charge in [-0.3, -0.25) is 15.0 Å². The van der Waals surface area contributed by atoms with E-state index in [2.05, 4.69) is 57.5 Å². The van der Waals surface area contributed by atoms with Gasteiger partial charge in [-0.2, -0.15) is 0 Å². The van der Waals surface area contributed by atoms with Crippen molar-refractivity contribution in [3.05, 3.63) is 63.8 Å². The van der Waals surface area contributed by atoms with E-state index in [-0.39, 0.29) is 5.69 Å². The van der Waals surface area contributed by atoms with E-state index in [1.807, 2.05) is 13.0 Å². The Balaban J connectivity index is 1.82. The lowest BCUT2D eigenvalue weighted by Gasteiger charge is -2.20. The maximum Gasteiger partial charge on any atom is 0.293 e. The molecule has 0 bridgehead atoms. The third kappa shape index (κ3) is 5.01. The first-order valence-corrected chi connectivity index (χ1v) is 10.3. The molecule has 3 rings (SSSR count). The summed E-state index contributed by atoms with van der Waals surface area (Å²) in [6.07, 6.45) is 1.62. The predicted molar refractivity (Wildman–Crippen MR) is 121 cm³/mol. The molecule has 0 spiro atoms. The second kappa shape index (κ2) is 9.98. The van der Waals surface area contributed by atoms with Crippen LogP contribution in [0.2, 0.25) is 0 Å². The average molecular weight is 409 g/mol. The van der Waals surface area contributed by atoms with Crippen LogP contribution in [0.4, 0.5) is 17.3 Å². The van der Waals surface area contributed by atoms with Crippen molar-refractivity contribution >= 4 is 28.2 Å². The van der Waals surface area contributed by atoms with Crippen molar-refractivity contribution < 1.29 is 4.92 Å². The van der Waals surface area contributed by atoms with Crippen LogP contribution in [0.25, 0.3) is 10.9 Å². The van der Waals surface area contributed by atoms with Crippen LogP contribution in [-0.2, 0) is 13.1 Å². The van der Waals surface area contributed by atoms with Crippen molar-refractivity contribution in [1.82, 2.24) is 14.9 Å². The van der Waals surface area contributed by atoms with Crippen LogP contribution in [0, 0.1) is 10.1 Å². The number of aromatic nitrogens is 2. The molecule has 0 saturated carbocycles. The number of nitro groups is 1. The van der Waals surface area contributed by atoms with Crippen LogP contribution in [0.1, 0.15) is 31.9 Å². The number of fused-ring (bicyclic) bond motifs is 1. The fourth-order valence-corrected chi connectivity index (χ4v) is 3.38. The Morgan fingerprint density at radius 3 is 2.47 bits per heavy atom. The molecule has 8 nitrogen and oxygen atoms in total. The molecule has 158 valence electrons. The lowest BCUT2D eigenvalue weighted by molar-refractivity contribution is -0.383. The molecule has 1 aromatic heterocycles. The quantitative estimate of drug-likeness (QED) is 0.378. The van der Waals surface area contributed by atoms with E-state index in [9.17, 15) is 10.1 Å². The molecule has 1 heterocycles. The van der Waals surface area contributed by atoms with Crippen LogP contribution in [0.15, 0.2) is 42.6 Å². The van der Waals surface area contributed by atoms with Crippen molar-refractivity contribution in [3.63, 3.8) is 0 Å². The van der Waals surface area contributed by atoms with Crippen molar-refractivity contribution in [2.75, 3.05) is 30.3 Å². The summed E-state index contributed by atoms with van der Waals surface area (Å²) in [5.74, 6) is 0.497. The number of hydrogen-bond acceptors (Lipinski definition) is 7. The summed E-state index contributed by atoms with van der Waals surface area (Å²) >= 11 is 0. The molecule has 0 atom stereocenters. The third-order valence-electron chi connectivity index (χ3n) is 5.10. The summed E-state index contributed by atoms with van der Waals surface area (Å²) in [5.41, 5.74) is 3.62. The lowest BCUT2D eigenvalue weighted by atomic mass is 10.1. The molecular formula is C22H28N6O2. The zero-order valence-electron chi connectivity index (χ0n) is 17.7. The van der Waals surface area contributed by atoms with Crippen LogP contribution in [0.5, 0.6) is 0 Å². The van der Waals surface area contributed by atoms with Crippen molar-refractivity contribution in [3.8, 4) is 0 Å². The van der Waals surface area contributed by atoms with Crippen molar-refractivity contribution in [2.45, 2.75) is 33.9 Å². The molecule has 0 radical (unpaired) electrons. The van der Waals surface area contributed by atoms with Gasteiger partial charge in [-0.05, 0) is 37.2 Å². The van der Waals surface area contributed by atoms with E-state index in [0.717, 1.165) is 19.6 Å². The maximum absolute atomic E-state index is 11.3. The van der Waals surface area contributed by atoms with Gasteiger partial charge in [-0.25, -0.2) is 9.97 Å². The molecule has 0 unspecified atom stereocenters. The number of nitro benzene ring substituents is 1. The number of anilines is 2. The molecule has 0 aliphatic rings. The van der Waals surface area contributed by atoms with Gasteiger partial charge in [0, 0.05) is 37.3 Å². The highest BCUT2D eigenvalue weighted by Gasteiger charge is 2.16. The highest BCUT2D eigenvalue weighted by Crippen LogP contribution is 2.29. The number of hydrogen-bond donors (Lipinski definition) is 2. The SMILES string of the molecule is CCNc1cc2nc(NCc3ccccc3CN(CC)CC)ncc2cc1[N+](=O)[O-]. The summed E-state index contributed by atoms with van der Waals surface area (Å²) in [4.78, 5) is 22.2. The Morgan fingerprint density at radius 1 is 1.07 bits per heavy atom. The van der Waals surface area contributed by atoms with Gasteiger partial charge in [-0.1, -0.05) is 38.1 Å². The van der Waals surface area contributed by atoms with E-state index in [1.54, 1.807) is 12.3 Å². The summed E-state index contributed by atoms with van der Waals surface area (Å²) < 4.78 is 0. The zero-order valence-corrected chi connectivity index (χ0v) is 17.7. The molecule has 3 aromatic rings. The molecule has 30 heavy (non-hydrogen) atoms. The van der Waals surface area contributed by atoms with Crippen molar-refractivity contribution in [1.29, 1.82) is 0 Å². The maximum atomic E-state index is 11.3. The molecule has 0 amide bonds. The average Bonchev–Trinajstić information content (AvgIpc) is 2.76. The Labute approximate surface area is 176 Å². The van der Waals surface area contributed by atoms with Crippen LogP contribution in [-0.4, -0.2) is 39.4 Å². The largest absolute Gasteiger partial charge is 0.380 e. The minimum absolute atomic E-state index is 0.0268. The fourth-order valence-electron chi connectivity index (χ4n) is 3.38. The lowest BCUT2D eigenvalue weighted by Crippen LogP contribution is -2.23. The van der Waals surface area contributed by atoms with E-state index in [0.29, 0.717) is 35.6 Å². The molecule has 0 saturated heterocycles. The molecule has 2 N–H and O–H groups in total. The highest BCUT2D eigenvalue weighted by molar-refractivity contribution is 5.87. The summed E-state index contributed by atoms with van der Waals surface area (Å²) in [6, 6.07) is 11.6. The van der Waals surface area contributed by atoms with Gasteiger partial charge in [0.05, 0.1) is 10.4 Å². The van der Waals surface area contributed by atoms with Crippen LogP contribution < -0.4 is 10.6 Å². The monoisotopic (exact) mass is 408 g/mol. The topological polar surface area (TPSA) is 96.2 Å². The minimum Gasteiger partial charge on any atom is -0.380 e. The van der Waals surface area contributed by atoms with E-state index in [4.69, 9.17) is 0 Å². The number of rotatable bonds is 10. The van der Waals surface area contributed by atoms with Gasteiger partial charge in [0.1, 0.15) is 5.69 Å². The Kier molecular flexibility index (Phi) is 7.13. The predicted octanol–water partition coefficient (Wildman–Crippen LogP) is 4.42. The van der Waals surface area contributed by atoms with Crippen LogP contribution >= 0.6 is 0 Å². The van der Waals surface area contributed by atoms with Gasteiger partial charge in [0.2, 0.25) is 5.95 Å². The molecular weight excluding hydrogens is 380 g/mol. The number of nitrogens with zero attached hydrogens (tertiary/aromatic N) is 4. The first-order chi connectivity index (χ1) is 14.5. The van der Waals surface area contributed by atoms with Gasteiger partial charge in [0.25, 0.3) is 5.69 Å². The van der Waals surface area contributed by atoms with Gasteiger partial charge < -0.3 is 10.6 Å². The van der Waals surface area contributed by atoms with E-state index >= 15 is 0 Å². The normalized spacial score (nSPS) is 11.1. The molecule has 0 fully saturated rings. The second-order valence-electron chi connectivity index (χ2n) is 6.99. The number of benzene rings is 2. The smallest absolute Gasteiger partial charge is 0.293 e. The van der Waals surface area contributed by atoms with Crippen molar-refractivity contribution in [2.24, 2.45) is 0 Å². The number of nitrogens with one attached hydrogen (secondary N) is 2. The Hall–Kier alpha value is -3.26. The second-order valence-corrected chi connectivity index (χ2v) is 6.99. The standard InChI is InChI=1S/C22H28N6O2/c1-4-23-20-12-19-18(11-21(20)28(29)30)14-25-22(26-19)24-13-16-9-7-8-10-17(16)15-27(5-2)6-3/h7-12,14,23H,4-6,13,15H2,1-3H3,(H,24,25,26). The highest BCUT2D eigenvalue weighted by atomic mass is 16.6. The summed E-state index contributed by atoms with van der Waals surface area (Å²) in [5, 5.41) is 18.3.